The third-order valence-corrected chi connectivity index (χ3v) is 9.80. The summed E-state index contributed by atoms with van der Waals surface area (Å²) in [6.07, 6.45) is 0. The second kappa shape index (κ2) is 13.0. The van der Waals surface area contributed by atoms with Crippen molar-refractivity contribution in [2.24, 2.45) is 0 Å². The average molecular weight is 729 g/mol. The van der Waals surface area contributed by atoms with Crippen molar-refractivity contribution in [3.8, 4) is 62.1 Å². The van der Waals surface area contributed by atoms with Crippen LogP contribution in [0.5, 0.6) is 0 Å². The molecule has 0 spiro atoms. The van der Waals surface area contributed by atoms with Crippen molar-refractivity contribution >= 4 is 43.7 Å². The zero-order valence-electron chi connectivity index (χ0n) is 41.2. The summed E-state index contributed by atoms with van der Waals surface area (Å²) >= 11 is 0. The van der Waals surface area contributed by atoms with Gasteiger partial charge in [0.25, 0.3) is 0 Å². The Morgan fingerprint density at radius 3 is 1.91 bits per heavy atom. The van der Waals surface area contributed by atoms with Crippen molar-refractivity contribution in [2.75, 3.05) is 0 Å². The number of hydrogen-bond acceptors (Lipinski definition) is 4. The van der Waals surface area contributed by atoms with Crippen LogP contribution >= 0.6 is 0 Å². The summed E-state index contributed by atoms with van der Waals surface area (Å²) in [6.45, 7) is 0. The molecule has 56 heavy (non-hydrogen) atoms. The Morgan fingerprint density at radius 1 is 0.411 bits per heavy atom. The molecule has 0 unspecified atom stereocenters. The first-order chi connectivity index (χ1) is 32.7. The number of nitrogens with zero attached hydrogens (tertiary/aromatic N) is 4. The first-order valence-electron chi connectivity index (χ1n) is 23.8. The Bertz CT molecular complexity index is 3920. The quantitative estimate of drug-likeness (QED) is 0.171. The Hall–Kier alpha value is -7.63. The minimum Gasteiger partial charge on any atom is -0.456 e. The van der Waals surface area contributed by atoms with Gasteiger partial charge in [0, 0.05) is 38.2 Å². The summed E-state index contributed by atoms with van der Waals surface area (Å²) in [5, 5.41) is 1.49. The van der Waals surface area contributed by atoms with Gasteiger partial charge in [-0.25, -0.2) is 15.0 Å². The van der Waals surface area contributed by atoms with Crippen LogP contribution in [-0.4, -0.2) is 19.5 Å². The fraction of sp³-hybridized carbons (Fsp3) is 0. The van der Waals surface area contributed by atoms with Gasteiger partial charge in [-0.2, -0.15) is 0 Å². The highest BCUT2D eigenvalue weighted by Gasteiger charge is 2.21. The molecule has 0 aliphatic rings. The molecule has 5 nitrogen and oxygen atoms in total. The van der Waals surface area contributed by atoms with Crippen molar-refractivity contribution in [3.63, 3.8) is 0 Å². The maximum absolute atomic E-state index is 9.71. The molecule has 8 aromatic carbocycles. The van der Waals surface area contributed by atoms with Crippen molar-refractivity contribution in [2.45, 2.75) is 0 Å². The standard InChI is InChI=1S/C51H32N4O/c1-4-14-33(15-5-1)36-25-28-45-42(30-36)39-20-10-12-22-44(39)55(45)46-29-26-37(34-16-6-2-7-17-34)31-43(46)51-53-49(35-18-8-3-9-19-35)52-50(54-51)38-24-27-41-40-21-11-13-23-47(40)56-48(41)32-38/h1-32H/i1D,4D,5D,10D,12D,14D,15D,20D,22D,25D,28D,30D. The van der Waals surface area contributed by atoms with E-state index >= 15 is 0 Å². The highest BCUT2D eigenvalue weighted by atomic mass is 16.3. The van der Waals surface area contributed by atoms with Crippen LogP contribution in [0.4, 0.5) is 0 Å². The zero-order chi connectivity index (χ0) is 47.4. The highest BCUT2D eigenvalue weighted by molar-refractivity contribution is 6.11. The summed E-state index contributed by atoms with van der Waals surface area (Å²) in [6, 6.07) is 30.1. The molecule has 0 bridgehead atoms. The molecule has 0 radical (unpaired) electrons. The lowest BCUT2D eigenvalue weighted by Gasteiger charge is -2.16. The molecule has 0 saturated carbocycles. The van der Waals surface area contributed by atoms with Gasteiger partial charge >= 0.3 is 0 Å². The Kier molecular flexibility index (Phi) is 5.10. The van der Waals surface area contributed by atoms with Crippen molar-refractivity contribution in [1.29, 1.82) is 0 Å². The van der Waals surface area contributed by atoms with E-state index in [0.717, 1.165) is 21.9 Å². The van der Waals surface area contributed by atoms with Crippen LogP contribution in [0.1, 0.15) is 16.4 Å². The van der Waals surface area contributed by atoms with Gasteiger partial charge in [-0.15, -0.1) is 0 Å². The van der Waals surface area contributed by atoms with Gasteiger partial charge in [-0.1, -0.05) is 145 Å². The monoisotopic (exact) mass is 728 g/mol. The summed E-state index contributed by atoms with van der Waals surface area (Å²) in [5.41, 5.74) is 3.47. The lowest BCUT2D eigenvalue weighted by Crippen LogP contribution is -2.04. The van der Waals surface area contributed by atoms with E-state index < -0.39 is 83.6 Å². The summed E-state index contributed by atoms with van der Waals surface area (Å²) in [7, 11) is 0. The second-order valence-electron chi connectivity index (χ2n) is 13.1. The largest absolute Gasteiger partial charge is 0.456 e. The lowest BCUT2D eigenvalue weighted by atomic mass is 10.0. The molecule has 262 valence electrons. The van der Waals surface area contributed by atoms with E-state index in [2.05, 4.69) is 0 Å². The first-order valence-corrected chi connectivity index (χ1v) is 17.8. The molecule has 11 aromatic rings. The maximum atomic E-state index is 9.71. The van der Waals surface area contributed by atoms with E-state index in [1.165, 1.54) is 4.57 Å². The number of hydrogen-bond donors (Lipinski definition) is 0. The van der Waals surface area contributed by atoms with E-state index in [0.29, 0.717) is 33.7 Å². The molecule has 11 rings (SSSR count). The molecule has 0 atom stereocenters. The van der Waals surface area contributed by atoms with Crippen molar-refractivity contribution in [1.82, 2.24) is 19.5 Å². The number of benzene rings is 8. The molecule has 0 saturated heterocycles. The van der Waals surface area contributed by atoms with Gasteiger partial charge < -0.3 is 8.98 Å². The van der Waals surface area contributed by atoms with Gasteiger partial charge in [0.15, 0.2) is 17.5 Å². The predicted octanol–water partition coefficient (Wildman–Crippen LogP) is 13.2. The van der Waals surface area contributed by atoms with Gasteiger partial charge in [0.05, 0.1) is 33.2 Å². The molecule has 3 aromatic heterocycles. The molecule has 0 amide bonds. The fourth-order valence-corrected chi connectivity index (χ4v) is 7.18. The molecule has 0 aliphatic heterocycles. The average Bonchev–Trinajstić information content (AvgIpc) is 3.93. The van der Waals surface area contributed by atoms with Crippen molar-refractivity contribution < 1.29 is 20.9 Å². The van der Waals surface area contributed by atoms with Crippen LogP contribution in [0.25, 0.3) is 106 Å². The summed E-state index contributed by atoms with van der Waals surface area (Å²) in [4.78, 5) is 15.1. The minimum absolute atomic E-state index is 0.132. The maximum Gasteiger partial charge on any atom is 0.166 e. The van der Waals surface area contributed by atoms with Crippen LogP contribution in [0, 0.1) is 0 Å². The molecule has 0 N–H and O–H groups in total. The van der Waals surface area contributed by atoms with Gasteiger partial charge in [0.2, 0.25) is 0 Å². The fourth-order valence-electron chi connectivity index (χ4n) is 7.18. The van der Waals surface area contributed by atoms with Crippen LogP contribution in [0.2, 0.25) is 0 Å². The third-order valence-electron chi connectivity index (χ3n) is 9.80. The van der Waals surface area contributed by atoms with Gasteiger partial charge in [-0.05, 0) is 70.7 Å². The Balaban J connectivity index is 1.27. The normalized spacial score (nSPS) is 14.6. The summed E-state index contributed by atoms with van der Waals surface area (Å²) < 4.78 is 115. The van der Waals surface area contributed by atoms with E-state index in [9.17, 15) is 6.85 Å². The number of aromatic nitrogens is 4. The zero-order valence-corrected chi connectivity index (χ0v) is 29.2. The van der Waals surface area contributed by atoms with Crippen molar-refractivity contribution in [3.05, 3.63) is 194 Å². The molecule has 3 heterocycles. The summed E-state index contributed by atoms with van der Waals surface area (Å²) in [5.74, 6) is 0.728. The van der Waals surface area contributed by atoms with Gasteiger partial charge in [0.1, 0.15) is 11.2 Å². The number of para-hydroxylation sites is 2. The Morgan fingerprint density at radius 2 is 1.07 bits per heavy atom. The molecule has 0 fully saturated rings. The SMILES string of the molecule is [2H]c1c([2H])c([2H])c(-c2c([2H])c([2H])c3c(c2[2H])c2c([2H])c([2H])c([2H])c([2H])c2n3-c2ccc(-c3ccccc3)cc2-c2nc(-c3ccccc3)nc(-c3ccc4c(c3)oc3ccccc34)n2)c([2H])c1[2H]. The van der Waals surface area contributed by atoms with Crippen LogP contribution in [0.15, 0.2) is 198 Å². The minimum atomic E-state index is -0.706. The number of fused-ring (bicyclic) bond motifs is 6. The van der Waals surface area contributed by atoms with E-state index in [4.69, 9.17) is 29.0 Å². The molecular formula is C51H32N4O. The first kappa shape index (κ1) is 21.9. The van der Waals surface area contributed by atoms with Crippen LogP contribution < -0.4 is 0 Å². The lowest BCUT2D eigenvalue weighted by molar-refractivity contribution is 0.669. The smallest absolute Gasteiger partial charge is 0.166 e. The van der Waals surface area contributed by atoms with E-state index in [1.807, 2.05) is 109 Å². The van der Waals surface area contributed by atoms with Crippen LogP contribution in [0.3, 0.4) is 0 Å². The Labute approximate surface area is 339 Å². The van der Waals surface area contributed by atoms with E-state index in [1.54, 1.807) is 12.1 Å². The highest BCUT2D eigenvalue weighted by Crippen LogP contribution is 2.40. The second-order valence-corrected chi connectivity index (χ2v) is 13.1. The van der Waals surface area contributed by atoms with Crippen LogP contribution in [-0.2, 0) is 0 Å². The number of rotatable bonds is 6. The van der Waals surface area contributed by atoms with E-state index in [-0.39, 0.29) is 39.1 Å². The molecule has 0 aliphatic carbocycles. The topological polar surface area (TPSA) is 56.7 Å². The molecular weight excluding hydrogens is 685 g/mol. The molecule has 5 heteroatoms. The number of furan rings is 1. The predicted molar refractivity (Wildman–Crippen MR) is 229 cm³/mol. The van der Waals surface area contributed by atoms with Gasteiger partial charge in [-0.3, -0.25) is 0 Å². The third kappa shape index (κ3) is 5.37.